The van der Waals surface area contributed by atoms with Crippen LogP contribution in [0.5, 0.6) is 0 Å². The Balaban J connectivity index is 2.17. The first kappa shape index (κ1) is 11.5. The van der Waals surface area contributed by atoms with Gasteiger partial charge in [0.25, 0.3) is 0 Å². The second kappa shape index (κ2) is 3.96. The van der Waals surface area contributed by atoms with Gasteiger partial charge in [0, 0.05) is 16.1 Å². The summed E-state index contributed by atoms with van der Waals surface area (Å²) in [6.45, 7) is 1.95. The van der Waals surface area contributed by atoms with E-state index in [0.717, 1.165) is 27.4 Å². The number of benzene rings is 1. The molecule has 0 unspecified atom stereocenters. The van der Waals surface area contributed by atoms with E-state index >= 15 is 0 Å². The molecule has 1 amide bonds. The van der Waals surface area contributed by atoms with Crippen molar-refractivity contribution in [3.05, 3.63) is 27.6 Å². The lowest BCUT2D eigenvalue weighted by Crippen LogP contribution is -2.03. The smallest absolute Gasteiger partial charge is 0.228 e. The molecule has 0 atom stereocenters. The van der Waals surface area contributed by atoms with Gasteiger partial charge in [-0.25, -0.2) is 4.98 Å². The molecule has 0 fully saturated rings. The third-order valence-corrected chi connectivity index (χ3v) is 4.00. The Hall–Kier alpha value is -1.59. The standard InChI is InChI=1S/C12H10ClN3OS/c1-5-11(16-12(14)18-5)7-2-6-3-10(17)15-9(6)4-8(7)13/h2,4H,3H2,1H3,(H2,14,16)(H,15,17). The number of nitrogen functional groups attached to an aromatic ring is 1. The number of rotatable bonds is 1. The lowest BCUT2D eigenvalue weighted by molar-refractivity contribution is -0.115. The molecule has 3 N–H and O–H groups in total. The number of hydrogen-bond acceptors (Lipinski definition) is 4. The van der Waals surface area contributed by atoms with E-state index < -0.39 is 0 Å². The number of hydrogen-bond donors (Lipinski definition) is 2. The van der Waals surface area contributed by atoms with E-state index in [-0.39, 0.29) is 5.91 Å². The van der Waals surface area contributed by atoms with Gasteiger partial charge in [0.05, 0.1) is 17.1 Å². The van der Waals surface area contributed by atoms with E-state index in [1.807, 2.05) is 13.0 Å². The molecule has 4 nitrogen and oxygen atoms in total. The van der Waals surface area contributed by atoms with Crippen LogP contribution in [-0.2, 0) is 11.2 Å². The van der Waals surface area contributed by atoms with Crippen molar-refractivity contribution in [2.45, 2.75) is 13.3 Å². The van der Waals surface area contributed by atoms with Gasteiger partial charge in [0.1, 0.15) is 0 Å². The zero-order valence-electron chi connectivity index (χ0n) is 9.58. The second-order valence-corrected chi connectivity index (χ2v) is 5.81. The molecule has 1 aliphatic heterocycles. The van der Waals surface area contributed by atoms with Crippen LogP contribution in [0.4, 0.5) is 10.8 Å². The summed E-state index contributed by atoms with van der Waals surface area (Å²) in [7, 11) is 0. The van der Waals surface area contributed by atoms with Crippen LogP contribution < -0.4 is 11.1 Å². The molecular formula is C12H10ClN3OS. The van der Waals surface area contributed by atoms with Crippen LogP contribution in [0, 0.1) is 6.92 Å². The summed E-state index contributed by atoms with van der Waals surface area (Å²) in [5.74, 6) is -0.00673. The average Bonchev–Trinajstić information content (AvgIpc) is 2.79. The van der Waals surface area contributed by atoms with Crippen LogP contribution in [0.3, 0.4) is 0 Å². The zero-order valence-corrected chi connectivity index (χ0v) is 11.2. The molecule has 0 aliphatic carbocycles. The number of nitrogens with one attached hydrogen (secondary N) is 1. The largest absolute Gasteiger partial charge is 0.375 e. The lowest BCUT2D eigenvalue weighted by Gasteiger charge is -2.06. The number of halogens is 1. The summed E-state index contributed by atoms with van der Waals surface area (Å²) in [4.78, 5) is 16.7. The molecule has 0 spiro atoms. The van der Waals surface area contributed by atoms with Crippen molar-refractivity contribution < 1.29 is 4.79 Å². The summed E-state index contributed by atoms with van der Waals surface area (Å²) in [6, 6.07) is 3.68. The van der Waals surface area contributed by atoms with Crippen LogP contribution in [0.2, 0.25) is 5.02 Å². The lowest BCUT2D eigenvalue weighted by atomic mass is 10.1. The summed E-state index contributed by atoms with van der Waals surface area (Å²) < 4.78 is 0. The predicted molar refractivity (Wildman–Crippen MR) is 74.0 cm³/mol. The first-order valence-corrected chi connectivity index (χ1v) is 6.59. The highest BCUT2D eigenvalue weighted by molar-refractivity contribution is 7.15. The van der Waals surface area contributed by atoms with Gasteiger partial charge < -0.3 is 11.1 Å². The number of amides is 1. The van der Waals surface area contributed by atoms with Crippen molar-refractivity contribution in [2.24, 2.45) is 0 Å². The Morgan fingerprint density at radius 1 is 1.50 bits per heavy atom. The molecule has 2 heterocycles. The molecule has 1 aliphatic rings. The minimum atomic E-state index is -0.00673. The number of thiazole rings is 1. The van der Waals surface area contributed by atoms with E-state index in [0.29, 0.717) is 16.6 Å². The number of nitrogens with zero attached hydrogens (tertiary/aromatic N) is 1. The van der Waals surface area contributed by atoms with Crippen molar-refractivity contribution in [3.63, 3.8) is 0 Å². The Labute approximate surface area is 113 Å². The molecular weight excluding hydrogens is 270 g/mol. The summed E-state index contributed by atoms with van der Waals surface area (Å²) in [6.07, 6.45) is 0.387. The number of nitrogens with two attached hydrogens (primary N) is 1. The van der Waals surface area contributed by atoms with Crippen molar-refractivity contribution in [3.8, 4) is 11.3 Å². The average molecular weight is 280 g/mol. The van der Waals surface area contributed by atoms with Crippen LogP contribution >= 0.6 is 22.9 Å². The zero-order chi connectivity index (χ0) is 12.9. The van der Waals surface area contributed by atoms with Gasteiger partial charge in [-0.1, -0.05) is 11.6 Å². The van der Waals surface area contributed by atoms with Crippen molar-refractivity contribution in [1.29, 1.82) is 0 Å². The number of carbonyl (C=O) groups is 1. The molecule has 0 saturated heterocycles. The Morgan fingerprint density at radius 2 is 2.28 bits per heavy atom. The fourth-order valence-electron chi connectivity index (χ4n) is 2.10. The van der Waals surface area contributed by atoms with E-state index in [2.05, 4.69) is 10.3 Å². The molecule has 6 heteroatoms. The van der Waals surface area contributed by atoms with E-state index in [4.69, 9.17) is 17.3 Å². The number of aromatic nitrogens is 1. The number of fused-ring (bicyclic) bond motifs is 1. The van der Waals surface area contributed by atoms with Crippen molar-refractivity contribution in [1.82, 2.24) is 4.98 Å². The van der Waals surface area contributed by atoms with E-state index in [9.17, 15) is 4.79 Å². The monoisotopic (exact) mass is 279 g/mol. The highest BCUT2D eigenvalue weighted by Crippen LogP contribution is 2.38. The summed E-state index contributed by atoms with van der Waals surface area (Å²) in [5.41, 5.74) is 9.06. The van der Waals surface area contributed by atoms with Crippen LogP contribution in [-0.4, -0.2) is 10.9 Å². The molecule has 1 aromatic carbocycles. The fraction of sp³-hybridized carbons (Fsp3) is 0.167. The summed E-state index contributed by atoms with van der Waals surface area (Å²) >= 11 is 7.68. The van der Waals surface area contributed by atoms with Gasteiger partial charge in [-0.05, 0) is 24.6 Å². The van der Waals surface area contributed by atoms with Gasteiger partial charge in [-0.3, -0.25) is 4.79 Å². The minimum absolute atomic E-state index is 0.00673. The number of aryl methyl sites for hydroxylation is 1. The highest BCUT2D eigenvalue weighted by atomic mass is 35.5. The normalized spacial score (nSPS) is 13.6. The quantitative estimate of drug-likeness (QED) is 0.843. The van der Waals surface area contributed by atoms with Gasteiger partial charge in [-0.15, -0.1) is 11.3 Å². The Kier molecular flexibility index (Phi) is 2.53. The maximum absolute atomic E-state index is 11.3. The molecule has 0 saturated carbocycles. The van der Waals surface area contributed by atoms with Gasteiger partial charge >= 0.3 is 0 Å². The maximum atomic E-state index is 11.3. The van der Waals surface area contributed by atoms with Crippen LogP contribution in [0.15, 0.2) is 12.1 Å². The van der Waals surface area contributed by atoms with Gasteiger partial charge in [0.15, 0.2) is 5.13 Å². The fourth-order valence-corrected chi connectivity index (χ4v) is 3.05. The van der Waals surface area contributed by atoms with E-state index in [1.165, 1.54) is 11.3 Å². The molecule has 92 valence electrons. The third kappa shape index (κ3) is 1.76. The third-order valence-electron chi connectivity index (χ3n) is 2.89. The molecule has 1 aromatic heterocycles. The van der Waals surface area contributed by atoms with Gasteiger partial charge in [-0.2, -0.15) is 0 Å². The molecule has 2 aromatic rings. The molecule has 18 heavy (non-hydrogen) atoms. The minimum Gasteiger partial charge on any atom is -0.375 e. The number of carbonyl (C=O) groups excluding carboxylic acids is 1. The van der Waals surface area contributed by atoms with E-state index in [1.54, 1.807) is 6.07 Å². The maximum Gasteiger partial charge on any atom is 0.228 e. The van der Waals surface area contributed by atoms with Crippen molar-refractivity contribution >= 4 is 39.7 Å². The first-order chi connectivity index (χ1) is 8.54. The van der Waals surface area contributed by atoms with Crippen LogP contribution in [0.1, 0.15) is 10.4 Å². The SMILES string of the molecule is Cc1sc(N)nc1-c1cc2c(cc1Cl)NC(=O)C2. The predicted octanol–water partition coefficient (Wildman–Crippen LogP) is 2.85. The first-order valence-electron chi connectivity index (χ1n) is 5.40. The van der Waals surface area contributed by atoms with Gasteiger partial charge in [0.2, 0.25) is 5.91 Å². The molecule has 0 bridgehead atoms. The molecule has 0 radical (unpaired) electrons. The Morgan fingerprint density at radius 3 is 2.94 bits per heavy atom. The topological polar surface area (TPSA) is 68.0 Å². The Bertz CT molecular complexity index is 666. The number of anilines is 2. The molecule has 3 rings (SSSR count). The second-order valence-electron chi connectivity index (χ2n) is 4.17. The summed E-state index contributed by atoms with van der Waals surface area (Å²) in [5, 5.41) is 3.87. The van der Waals surface area contributed by atoms with Crippen LogP contribution in [0.25, 0.3) is 11.3 Å². The van der Waals surface area contributed by atoms with Crippen molar-refractivity contribution in [2.75, 3.05) is 11.1 Å². The highest BCUT2D eigenvalue weighted by Gasteiger charge is 2.21.